The number of rotatable bonds is 6. The van der Waals surface area contributed by atoms with Gasteiger partial charge in [0.05, 0.1) is 5.52 Å². The third kappa shape index (κ3) is 3.72. The summed E-state index contributed by atoms with van der Waals surface area (Å²) in [6.07, 6.45) is 5.91. The molecule has 2 aromatic heterocycles. The van der Waals surface area contributed by atoms with E-state index in [-0.39, 0.29) is 5.91 Å². The fraction of sp³-hybridized carbons (Fsp3) is 0.263. The van der Waals surface area contributed by atoms with Crippen LogP contribution in [0.2, 0.25) is 0 Å². The van der Waals surface area contributed by atoms with Crippen molar-refractivity contribution in [1.82, 2.24) is 20.3 Å². The van der Waals surface area contributed by atoms with Crippen LogP contribution in [0.15, 0.2) is 42.7 Å². The minimum Gasteiger partial charge on any atom is -0.457 e. The second-order valence-electron chi connectivity index (χ2n) is 6.30. The summed E-state index contributed by atoms with van der Waals surface area (Å²) in [5.41, 5.74) is 1.16. The van der Waals surface area contributed by atoms with Crippen molar-refractivity contribution in [1.29, 1.82) is 0 Å². The number of nitrogens with zero attached hydrogens (tertiary/aromatic N) is 3. The highest BCUT2D eigenvalue weighted by Gasteiger charge is 2.20. The molecule has 1 aliphatic carbocycles. The second-order valence-corrected chi connectivity index (χ2v) is 6.30. The molecule has 2 heterocycles. The van der Waals surface area contributed by atoms with Gasteiger partial charge < -0.3 is 15.4 Å². The van der Waals surface area contributed by atoms with E-state index in [4.69, 9.17) is 4.74 Å². The van der Waals surface area contributed by atoms with Crippen LogP contribution < -0.4 is 15.4 Å². The molecule has 26 heavy (non-hydrogen) atoms. The number of amides is 1. The Bertz CT molecular complexity index is 956. The van der Waals surface area contributed by atoms with Crippen molar-refractivity contribution in [3.63, 3.8) is 0 Å². The van der Waals surface area contributed by atoms with Crippen LogP contribution in [0.3, 0.4) is 0 Å². The highest BCUT2D eigenvalue weighted by Crippen LogP contribution is 2.29. The van der Waals surface area contributed by atoms with Crippen LogP contribution in [0.5, 0.6) is 11.5 Å². The molecule has 1 saturated carbocycles. The molecule has 0 bridgehead atoms. The van der Waals surface area contributed by atoms with Gasteiger partial charge in [-0.15, -0.1) is 0 Å². The summed E-state index contributed by atoms with van der Waals surface area (Å²) in [6.45, 7) is 0.933. The van der Waals surface area contributed by atoms with E-state index in [0.29, 0.717) is 23.1 Å². The lowest BCUT2D eigenvalue weighted by Crippen LogP contribution is -2.18. The molecule has 1 amide bonds. The van der Waals surface area contributed by atoms with E-state index in [0.717, 1.165) is 23.4 Å². The van der Waals surface area contributed by atoms with E-state index in [9.17, 15) is 4.79 Å². The Hall–Kier alpha value is -3.22. The minimum absolute atomic E-state index is 0.256. The first-order valence-corrected chi connectivity index (χ1v) is 8.58. The summed E-state index contributed by atoms with van der Waals surface area (Å²) < 4.78 is 5.85. The maximum atomic E-state index is 11.7. The summed E-state index contributed by atoms with van der Waals surface area (Å²) in [7, 11) is 1.56. The number of hydrogen-bond donors (Lipinski definition) is 2. The average Bonchev–Trinajstić information content (AvgIpc) is 3.50. The van der Waals surface area contributed by atoms with Gasteiger partial charge in [0.2, 0.25) is 5.95 Å². The molecule has 0 spiro atoms. The van der Waals surface area contributed by atoms with Crippen molar-refractivity contribution in [2.24, 2.45) is 5.92 Å². The van der Waals surface area contributed by atoms with Crippen LogP contribution in [0.25, 0.3) is 10.9 Å². The third-order valence-corrected chi connectivity index (χ3v) is 4.22. The van der Waals surface area contributed by atoms with Gasteiger partial charge >= 0.3 is 0 Å². The summed E-state index contributed by atoms with van der Waals surface area (Å²) in [5.74, 6) is 2.36. The molecule has 3 aromatic rings. The molecule has 0 saturated heterocycles. The zero-order chi connectivity index (χ0) is 17.9. The molecule has 0 atom stereocenters. The zero-order valence-corrected chi connectivity index (χ0v) is 14.4. The highest BCUT2D eigenvalue weighted by molar-refractivity contribution is 5.92. The first-order chi connectivity index (χ1) is 12.7. The highest BCUT2D eigenvalue weighted by atomic mass is 16.5. The number of aromatic nitrogens is 3. The molecule has 1 aliphatic rings. The van der Waals surface area contributed by atoms with Gasteiger partial charge in [0.15, 0.2) is 0 Å². The summed E-state index contributed by atoms with van der Waals surface area (Å²) in [5, 5.41) is 6.71. The maximum Gasteiger partial charge on any atom is 0.269 e. The number of nitrogens with one attached hydrogen (secondary N) is 2. The number of carbonyl (C=O) groups excluding carboxylic acids is 1. The minimum atomic E-state index is -0.256. The van der Waals surface area contributed by atoms with Crippen LogP contribution >= 0.6 is 0 Å². The van der Waals surface area contributed by atoms with Crippen molar-refractivity contribution >= 4 is 22.8 Å². The largest absolute Gasteiger partial charge is 0.457 e. The van der Waals surface area contributed by atoms with Crippen molar-refractivity contribution < 1.29 is 9.53 Å². The lowest BCUT2D eigenvalue weighted by atomic mass is 10.2. The number of ether oxygens (including phenoxy) is 1. The molecule has 1 aromatic carbocycles. The second kappa shape index (κ2) is 6.95. The van der Waals surface area contributed by atoms with E-state index in [1.165, 1.54) is 12.8 Å². The van der Waals surface area contributed by atoms with Gasteiger partial charge in [0, 0.05) is 37.4 Å². The molecule has 0 aliphatic heterocycles. The number of pyridine rings is 1. The fourth-order valence-corrected chi connectivity index (χ4v) is 2.58. The lowest BCUT2D eigenvalue weighted by Gasteiger charge is -2.08. The third-order valence-electron chi connectivity index (χ3n) is 4.22. The Balaban J connectivity index is 1.51. The monoisotopic (exact) mass is 349 g/mol. The molecule has 132 valence electrons. The van der Waals surface area contributed by atoms with Crippen molar-refractivity contribution in [3.8, 4) is 11.5 Å². The van der Waals surface area contributed by atoms with Gasteiger partial charge in [-0.1, -0.05) is 0 Å². The van der Waals surface area contributed by atoms with Crippen molar-refractivity contribution in [2.75, 3.05) is 18.9 Å². The van der Waals surface area contributed by atoms with Crippen molar-refractivity contribution in [3.05, 3.63) is 48.4 Å². The Morgan fingerprint density at radius 3 is 2.85 bits per heavy atom. The normalized spacial score (nSPS) is 13.4. The first kappa shape index (κ1) is 16.3. The predicted molar refractivity (Wildman–Crippen MR) is 98.5 cm³/mol. The molecule has 7 heteroatoms. The molecular formula is C19H19N5O2. The van der Waals surface area contributed by atoms with E-state index >= 15 is 0 Å². The Morgan fingerprint density at radius 1 is 1.19 bits per heavy atom. The van der Waals surface area contributed by atoms with Gasteiger partial charge in [0.1, 0.15) is 17.2 Å². The molecule has 2 N–H and O–H groups in total. The smallest absolute Gasteiger partial charge is 0.269 e. The van der Waals surface area contributed by atoms with Gasteiger partial charge in [-0.25, -0.2) is 9.97 Å². The molecule has 0 radical (unpaired) electrons. The number of anilines is 1. The lowest BCUT2D eigenvalue weighted by molar-refractivity contribution is 0.0958. The number of benzene rings is 1. The molecular weight excluding hydrogens is 330 g/mol. The Kier molecular flexibility index (Phi) is 4.35. The van der Waals surface area contributed by atoms with Crippen LogP contribution in [0.1, 0.15) is 23.3 Å². The fourth-order valence-electron chi connectivity index (χ4n) is 2.58. The van der Waals surface area contributed by atoms with Crippen molar-refractivity contribution in [2.45, 2.75) is 12.8 Å². The van der Waals surface area contributed by atoms with Crippen LogP contribution in [0, 0.1) is 5.92 Å². The van der Waals surface area contributed by atoms with E-state index in [1.54, 1.807) is 31.6 Å². The SMILES string of the molecule is CNC(=O)c1cc(Oc2ccc3nc(NCC4CC4)ncc3c2)ccn1. The number of fused-ring (bicyclic) bond motifs is 1. The summed E-state index contributed by atoms with van der Waals surface area (Å²) >= 11 is 0. The molecule has 4 rings (SSSR count). The topological polar surface area (TPSA) is 89.0 Å². The predicted octanol–water partition coefficient (Wildman–Crippen LogP) is 3.00. The Morgan fingerprint density at radius 2 is 2.04 bits per heavy atom. The van der Waals surface area contributed by atoms with E-state index in [1.807, 2.05) is 18.2 Å². The summed E-state index contributed by atoms with van der Waals surface area (Å²) in [4.78, 5) is 24.6. The van der Waals surface area contributed by atoms with Gasteiger partial charge in [0.25, 0.3) is 5.91 Å². The number of hydrogen-bond acceptors (Lipinski definition) is 6. The Labute approximate surface area is 150 Å². The van der Waals surface area contributed by atoms with Gasteiger partial charge in [-0.05, 0) is 43.0 Å². The average molecular weight is 349 g/mol. The molecule has 0 unspecified atom stereocenters. The zero-order valence-electron chi connectivity index (χ0n) is 14.4. The standard InChI is InChI=1S/C19H19N5O2/c1-20-18(25)17-9-15(6-7-21-17)26-14-4-5-16-13(8-14)11-23-19(24-16)22-10-12-2-3-12/h4-9,11-12H,2-3,10H2,1H3,(H,20,25)(H,22,23,24). The molecule has 7 nitrogen and oxygen atoms in total. The van der Waals surface area contributed by atoms with Crippen LogP contribution in [-0.2, 0) is 0 Å². The summed E-state index contributed by atoms with van der Waals surface area (Å²) in [6, 6.07) is 8.93. The first-order valence-electron chi connectivity index (χ1n) is 8.58. The van der Waals surface area contributed by atoms with Crippen LogP contribution in [-0.4, -0.2) is 34.5 Å². The van der Waals surface area contributed by atoms with Crippen LogP contribution in [0.4, 0.5) is 5.95 Å². The van der Waals surface area contributed by atoms with E-state index < -0.39 is 0 Å². The van der Waals surface area contributed by atoms with E-state index in [2.05, 4.69) is 25.6 Å². The van der Waals surface area contributed by atoms with Gasteiger partial charge in [-0.3, -0.25) is 9.78 Å². The van der Waals surface area contributed by atoms with Gasteiger partial charge in [-0.2, -0.15) is 0 Å². The number of carbonyl (C=O) groups is 1. The maximum absolute atomic E-state index is 11.7. The molecule has 1 fully saturated rings. The quantitative estimate of drug-likeness (QED) is 0.711.